The van der Waals surface area contributed by atoms with Gasteiger partial charge in [0.25, 0.3) is 0 Å². The molecule has 0 aromatic heterocycles. The van der Waals surface area contributed by atoms with E-state index in [2.05, 4.69) is 49.5 Å². The van der Waals surface area contributed by atoms with Gasteiger partial charge in [0.05, 0.1) is 11.9 Å². The maximum atomic E-state index is 13.1. The lowest BCUT2D eigenvalue weighted by Gasteiger charge is -2.29. The van der Waals surface area contributed by atoms with Gasteiger partial charge in [-0.25, -0.2) is 17.5 Å². The lowest BCUT2D eigenvalue weighted by Crippen LogP contribution is -2.47. The highest BCUT2D eigenvalue weighted by Crippen LogP contribution is 2.23. The fraction of sp³-hybridized carbons (Fsp3) is 0.265. The van der Waals surface area contributed by atoms with Crippen molar-refractivity contribution in [3.63, 3.8) is 0 Å². The normalized spacial score (nSPS) is 13.2. The molecule has 0 radical (unpaired) electrons. The molecule has 3 N–H and O–H groups in total. The van der Waals surface area contributed by atoms with Crippen molar-refractivity contribution >= 4 is 32.8 Å². The summed E-state index contributed by atoms with van der Waals surface area (Å²) in [6, 6.07) is 29.3. The molecule has 0 unspecified atom stereocenters. The van der Waals surface area contributed by atoms with Gasteiger partial charge in [-0.15, -0.1) is 0 Å². The number of hydrogen-bond donors (Lipinski definition) is 3. The summed E-state index contributed by atoms with van der Waals surface area (Å²) in [5.74, 6) is -1.20. The number of likely N-dealkylation sites (N-methyl/N-ethyl adjacent to an activating group) is 1. The predicted octanol–water partition coefficient (Wildman–Crippen LogP) is 5.34. The highest BCUT2D eigenvalue weighted by Gasteiger charge is 2.24. The number of nitrogens with one attached hydrogen (secondary N) is 1. The van der Waals surface area contributed by atoms with Crippen LogP contribution in [0.2, 0.25) is 0 Å². The second-order valence-corrected chi connectivity index (χ2v) is 13.4. The Kier molecular flexibility index (Phi) is 9.96. The average molecular weight is 587 g/mol. The minimum Gasteiger partial charge on any atom is -0.478 e. The summed E-state index contributed by atoms with van der Waals surface area (Å²) in [6.07, 6.45) is 2.51. The fourth-order valence-electron chi connectivity index (χ4n) is 4.89. The molecule has 0 amide bonds. The third kappa shape index (κ3) is 8.84. The van der Waals surface area contributed by atoms with Gasteiger partial charge < -0.3 is 15.5 Å². The SMILES string of the molecule is CN(C[C@H](O)CNC(C)(C)Cc1ccc2ccccc2c1)S(=O)(=O)Cc1ccc(-c2cccc(/C=C/C(=O)O)c2)cc1. The molecule has 0 aliphatic carbocycles. The molecule has 0 heterocycles. The summed E-state index contributed by atoms with van der Waals surface area (Å²) in [6.45, 7) is 4.38. The van der Waals surface area contributed by atoms with Crippen LogP contribution in [0.25, 0.3) is 28.0 Å². The zero-order valence-corrected chi connectivity index (χ0v) is 25.0. The number of hydrogen-bond acceptors (Lipinski definition) is 5. The predicted molar refractivity (Wildman–Crippen MR) is 170 cm³/mol. The average Bonchev–Trinajstić information content (AvgIpc) is 2.95. The Morgan fingerprint density at radius 1 is 0.905 bits per heavy atom. The standard InChI is InChI=1S/C34H38N2O5S/c1-34(2,21-27-13-17-28-8-4-5-9-30(28)20-27)35-22-32(37)23-36(3)42(40,41)24-26-11-15-29(16-12-26)31-10-6-7-25(19-31)14-18-33(38)39/h4-20,32,35,37H,21-24H2,1-3H3,(H,38,39)/b18-14+/t32-/m1/s1. The zero-order valence-electron chi connectivity index (χ0n) is 24.2. The second-order valence-electron chi connectivity index (χ2n) is 11.3. The highest BCUT2D eigenvalue weighted by atomic mass is 32.2. The summed E-state index contributed by atoms with van der Waals surface area (Å²) >= 11 is 0. The van der Waals surface area contributed by atoms with Crippen LogP contribution in [0, 0.1) is 0 Å². The van der Waals surface area contributed by atoms with E-state index in [1.165, 1.54) is 33.8 Å². The van der Waals surface area contributed by atoms with Crippen molar-refractivity contribution in [1.82, 2.24) is 9.62 Å². The van der Waals surface area contributed by atoms with Gasteiger partial charge in [0.15, 0.2) is 0 Å². The number of aliphatic hydroxyl groups is 1. The summed E-state index contributed by atoms with van der Waals surface area (Å²) in [4.78, 5) is 10.8. The van der Waals surface area contributed by atoms with Crippen LogP contribution in [0.1, 0.15) is 30.5 Å². The van der Waals surface area contributed by atoms with Gasteiger partial charge >= 0.3 is 5.97 Å². The van der Waals surface area contributed by atoms with Crippen LogP contribution in [0.4, 0.5) is 0 Å². The molecule has 0 spiro atoms. The van der Waals surface area contributed by atoms with Gasteiger partial charge in [0, 0.05) is 31.8 Å². The Morgan fingerprint density at radius 3 is 2.31 bits per heavy atom. The van der Waals surface area contributed by atoms with Crippen molar-refractivity contribution in [1.29, 1.82) is 0 Å². The Morgan fingerprint density at radius 2 is 1.60 bits per heavy atom. The van der Waals surface area contributed by atoms with Gasteiger partial charge in [0.2, 0.25) is 10.0 Å². The lowest BCUT2D eigenvalue weighted by molar-refractivity contribution is -0.131. The molecule has 7 nitrogen and oxygen atoms in total. The smallest absolute Gasteiger partial charge is 0.328 e. The lowest BCUT2D eigenvalue weighted by atomic mass is 9.93. The Hall–Kier alpha value is -3.82. The number of aliphatic hydroxyl groups excluding tert-OH is 1. The molecular formula is C34H38N2O5S. The molecule has 0 aliphatic rings. The van der Waals surface area contributed by atoms with E-state index < -0.39 is 22.1 Å². The van der Waals surface area contributed by atoms with Crippen molar-refractivity contribution in [3.05, 3.63) is 114 Å². The topological polar surface area (TPSA) is 107 Å². The van der Waals surface area contributed by atoms with Crippen molar-refractivity contribution in [2.45, 2.75) is 37.7 Å². The van der Waals surface area contributed by atoms with Crippen molar-refractivity contribution in [2.24, 2.45) is 0 Å². The second kappa shape index (κ2) is 13.4. The first kappa shape index (κ1) is 31.1. The molecule has 1 atom stereocenters. The zero-order chi connectivity index (χ0) is 30.3. The molecule has 0 bridgehead atoms. The number of nitrogens with zero attached hydrogens (tertiary/aromatic N) is 1. The maximum Gasteiger partial charge on any atom is 0.328 e. The van der Waals surface area contributed by atoms with Crippen LogP contribution in [0.3, 0.4) is 0 Å². The largest absolute Gasteiger partial charge is 0.478 e. The molecule has 220 valence electrons. The van der Waals surface area contributed by atoms with Gasteiger partial charge in [-0.1, -0.05) is 84.9 Å². The van der Waals surface area contributed by atoms with Crippen LogP contribution in [0.5, 0.6) is 0 Å². The van der Waals surface area contributed by atoms with E-state index in [0.29, 0.717) is 5.56 Å². The third-order valence-electron chi connectivity index (χ3n) is 7.16. The summed E-state index contributed by atoms with van der Waals surface area (Å²) in [7, 11) is -2.16. The molecular weight excluding hydrogens is 548 g/mol. The molecule has 42 heavy (non-hydrogen) atoms. The quantitative estimate of drug-likeness (QED) is 0.183. The fourth-order valence-corrected chi connectivity index (χ4v) is 6.13. The molecule has 4 aromatic rings. The maximum absolute atomic E-state index is 13.1. The van der Waals surface area contributed by atoms with Crippen LogP contribution in [0.15, 0.2) is 97.1 Å². The monoisotopic (exact) mass is 586 g/mol. The molecule has 0 saturated heterocycles. The highest BCUT2D eigenvalue weighted by molar-refractivity contribution is 7.88. The van der Waals surface area contributed by atoms with Crippen LogP contribution in [-0.4, -0.2) is 60.7 Å². The van der Waals surface area contributed by atoms with E-state index in [9.17, 15) is 18.3 Å². The van der Waals surface area contributed by atoms with Crippen LogP contribution in [-0.2, 0) is 27.0 Å². The van der Waals surface area contributed by atoms with E-state index in [1.54, 1.807) is 12.1 Å². The van der Waals surface area contributed by atoms with E-state index in [-0.39, 0.29) is 24.4 Å². The van der Waals surface area contributed by atoms with Crippen molar-refractivity contribution in [3.8, 4) is 11.1 Å². The summed E-state index contributed by atoms with van der Waals surface area (Å²) in [5.41, 5.74) is 4.07. The first-order valence-electron chi connectivity index (χ1n) is 13.9. The number of sulfonamides is 1. The van der Waals surface area contributed by atoms with E-state index in [0.717, 1.165) is 29.2 Å². The summed E-state index contributed by atoms with van der Waals surface area (Å²) in [5, 5.41) is 25.3. The Bertz CT molecular complexity index is 1660. The van der Waals surface area contributed by atoms with Crippen LogP contribution < -0.4 is 5.32 Å². The van der Waals surface area contributed by atoms with Crippen molar-refractivity contribution in [2.75, 3.05) is 20.1 Å². The van der Waals surface area contributed by atoms with Gasteiger partial charge in [-0.3, -0.25) is 0 Å². The number of carbonyl (C=O) groups is 1. The van der Waals surface area contributed by atoms with E-state index in [4.69, 9.17) is 5.11 Å². The molecule has 8 heteroatoms. The number of aliphatic carboxylic acids is 1. The number of carboxylic acid groups (broad SMARTS) is 1. The number of β-amino-alcohol motifs (C(OH)–C–C–N with tert-alkyl or cyclic N) is 1. The van der Waals surface area contributed by atoms with Gasteiger partial charge in [-0.05, 0) is 71.0 Å². The number of rotatable bonds is 13. The first-order valence-corrected chi connectivity index (χ1v) is 15.5. The Labute approximate surface area is 248 Å². The third-order valence-corrected chi connectivity index (χ3v) is 8.96. The van der Waals surface area contributed by atoms with Gasteiger partial charge in [-0.2, -0.15) is 0 Å². The van der Waals surface area contributed by atoms with E-state index in [1.807, 2.05) is 48.5 Å². The molecule has 0 fully saturated rings. The van der Waals surface area contributed by atoms with E-state index >= 15 is 0 Å². The number of fused-ring (bicyclic) bond motifs is 1. The first-order chi connectivity index (χ1) is 19.9. The van der Waals surface area contributed by atoms with Crippen molar-refractivity contribution < 1.29 is 23.4 Å². The molecule has 0 saturated carbocycles. The minimum absolute atomic E-state index is 0.0177. The Balaban J connectivity index is 1.30. The minimum atomic E-state index is -3.65. The van der Waals surface area contributed by atoms with Crippen LogP contribution >= 0.6 is 0 Å². The number of benzene rings is 4. The van der Waals surface area contributed by atoms with Gasteiger partial charge in [0.1, 0.15) is 0 Å². The summed E-state index contributed by atoms with van der Waals surface area (Å²) < 4.78 is 27.3. The number of carboxylic acids is 1. The molecule has 0 aliphatic heterocycles. The molecule has 4 rings (SSSR count). The molecule has 4 aromatic carbocycles.